The molecule has 0 unspecified atom stereocenters. The number of halogens is 1. The van der Waals surface area contributed by atoms with Crippen molar-refractivity contribution in [3.05, 3.63) is 126 Å². The summed E-state index contributed by atoms with van der Waals surface area (Å²) < 4.78 is 27.6. The standard InChI is InChI=1S/C31H23FN4O6S/c1-17-13-24-28(38)35(16-26(37)18-9-11-21(41-2)12-10-18)31(40)36(29(24)43-17)15-20-8-7-19(14-25(20)32)22-5-3-4-6-23(22)27-33-30(39)42-34-27/h3-14H,15-16H2,1-2H3,(H,33,34,39). The number of carbonyl (C=O) groups is 1. The molecular formula is C31H23FN4O6S. The Morgan fingerprint density at radius 3 is 2.42 bits per heavy atom. The summed E-state index contributed by atoms with van der Waals surface area (Å²) in [7, 11) is 1.51. The van der Waals surface area contributed by atoms with Crippen molar-refractivity contribution in [2.24, 2.45) is 0 Å². The van der Waals surface area contributed by atoms with Crippen molar-refractivity contribution in [2.45, 2.75) is 20.0 Å². The number of aromatic amines is 1. The maximum Gasteiger partial charge on any atom is 0.439 e. The molecule has 0 saturated carbocycles. The third-order valence-corrected chi connectivity index (χ3v) is 8.12. The third kappa shape index (κ3) is 5.24. The number of nitrogens with zero attached hydrogens (tertiary/aromatic N) is 3. The first kappa shape index (κ1) is 27.8. The first-order valence-electron chi connectivity index (χ1n) is 13.1. The number of aryl methyl sites for hydroxylation is 1. The van der Waals surface area contributed by atoms with Gasteiger partial charge in [0.2, 0.25) is 0 Å². The maximum atomic E-state index is 15.6. The number of H-pyrrole nitrogens is 1. The Kier molecular flexibility index (Phi) is 7.20. The van der Waals surface area contributed by atoms with Crippen LogP contribution >= 0.6 is 11.3 Å². The number of Topliss-reactive ketones (excluding diaryl/α,β-unsaturated/α-hetero) is 1. The fourth-order valence-electron chi connectivity index (χ4n) is 4.91. The summed E-state index contributed by atoms with van der Waals surface area (Å²) in [4.78, 5) is 55.2. The summed E-state index contributed by atoms with van der Waals surface area (Å²) in [6.45, 7) is 1.16. The van der Waals surface area contributed by atoms with Crippen molar-refractivity contribution in [1.29, 1.82) is 0 Å². The molecule has 0 spiro atoms. The molecule has 6 aromatic rings. The van der Waals surface area contributed by atoms with Gasteiger partial charge in [-0.1, -0.05) is 41.6 Å². The molecule has 216 valence electrons. The molecule has 10 nitrogen and oxygen atoms in total. The topological polar surface area (TPSA) is 129 Å². The second-order valence-electron chi connectivity index (χ2n) is 9.78. The number of nitrogens with one attached hydrogen (secondary N) is 1. The molecule has 3 aromatic heterocycles. The Labute approximate surface area is 246 Å². The minimum absolute atomic E-state index is 0.170. The number of benzene rings is 3. The predicted molar refractivity (Wildman–Crippen MR) is 159 cm³/mol. The largest absolute Gasteiger partial charge is 0.497 e. The van der Waals surface area contributed by atoms with Crippen molar-refractivity contribution in [2.75, 3.05) is 7.11 Å². The number of rotatable bonds is 8. The van der Waals surface area contributed by atoms with E-state index in [2.05, 4.69) is 14.7 Å². The van der Waals surface area contributed by atoms with E-state index in [9.17, 15) is 19.2 Å². The third-order valence-electron chi connectivity index (χ3n) is 7.05. The number of hydrogen-bond acceptors (Lipinski definition) is 8. The van der Waals surface area contributed by atoms with Crippen LogP contribution in [0.15, 0.2) is 91.7 Å². The van der Waals surface area contributed by atoms with E-state index < -0.39 is 35.2 Å². The quantitative estimate of drug-likeness (QED) is 0.253. The molecule has 0 fully saturated rings. The van der Waals surface area contributed by atoms with E-state index in [1.54, 1.807) is 73.7 Å². The van der Waals surface area contributed by atoms with Gasteiger partial charge in [0.05, 0.1) is 25.6 Å². The van der Waals surface area contributed by atoms with E-state index >= 15 is 4.39 Å². The Hall–Kier alpha value is -5.36. The van der Waals surface area contributed by atoms with Gasteiger partial charge in [-0.05, 0) is 54.4 Å². The summed E-state index contributed by atoms with van der Waals surface area (Å²) >= 11 is 1.25. The van der Waals surface area contributed by atoms with Gasteiger partial charge in [0.25, 0.3) is 5.56 Å². The van der Waals surface area contributed by atoms with Crippen molar-refractivity contribution >= 4 is 27.3 Å². The number of thiophene rings is 1. The molecule has 0 aliphatic heterocycles. The fourth-order valence-corrected chi connectivity index (χ4v) is 5.90. The highest BCUT2D eigenvalue weighted by Crippen LogP contribution is 2.31. The molecule has 0 bridgehead atoms. The second-order valence-corrected chi connectivity index (χ2v) is 11.0. The molecule has 0 amide bonds. The molecule has 0 aliphatic carbocycles. The van der Waals surface area contributed by atoms with Crippen LogP contribution in [0.2, 0.25) is 0 Å². The lowest BCUT2D eigenvalue weighted by molar-refractivity contribution is 0.0969. The summed E-state index contributed by atoms with van der Waals surface area (Å²) in [6, 6.07) is 19.6. The first-order valence-corrected chi connectivity index (χ1v) is 13.9. The van der Waals surface area contributed by atoms with Crippen LogP contribution in [0.5, 0.6) is 5.75 Å². The Bertz CT molecular complexity index is 2190. The summed E-state index contributed by atoms with van der Waals surface area (Å²) in [5.41, 5.74) is 0.887. The van der Waals surface area contributed by atoms with Crippen LogP contribution in [0.4, 0.5) is 4.39 Å². The van der Waals surface area contributed by atoms with E-state index in [0.717, 1.165) is 9.44 Å². The van der Waals surface area contributed by atoms with Crippen molar-refractivity contribution in [3.8, 4) is 28.3 Å². The number of carbonyl (C=O) groups excluding carboxylic acids is 1. The van der Waals surface area contributed by atoms with Crippen molar-refractivity contribution in [3.63, 3.8) is 0 Å². The molecule has 3 heterocycles. The molecule has 6 rings (SSSR count). The minimum Gasteiger partial charge on any atom is -0.497 e. The van der Waals surface area contributed by atoms with Gasteiger partial charge in [-0.3, -0.25) is 28.2 Å². The highest BCUT2D eigenvalue weighted by molar-refractivity contribution is 7.18. The highest BCUT2D eigenvalue weighted by atomic mass is 32.1. The smallest absolute Gasteiger partial charge is 0.439 e. The zero-order valence-electron chi connectivity index (χ0n) is 22.9. The number of hydrogen-bond donors (Lipinski definition) is 1. The Balaban J connectivity index is 1.38. The van der Waals surface area contributed by atoms with Gasteiger partial charge >= 0.3 is 11.4 Å². The number of aromatic nitrogens is 4. The number of fused-ring (bicyclic) bond motifs is 1. The van der Waals surface area contributed by atoms with Crippen LogP contribution in [0.1, 0.15) is 20.8 Å². The molecule has 0 saturated heterocycles. The number of ether oxygens (including phenoxy) is 1. The first-order chi connectivity index (χ1) is 20.7. The molecule has 0 atom stereocenters. The number of ketones is 1. The van der Waals surface area contributed by atoms with E-state index in [-0.39, 0.29) is 23.3 Å². The summed E-state index contributed by atoms with van der Waals surface area (Å²) in [5, 5.41) is 4.02. The minimum atomic E-state index is -0.718. The van der Waals surface area contributed by atoms with Gasteiger partial charge in [-0.15, -0.1) is 11.3 Å². The van der Waals surface area contributed by atoms with Crippen LogP contribution in [-0.4, -0.2) is 32.2 Å². The maximum absolute atomic E-state index is 15.6. The summed E-state index contributed by atoms with van der Waals surface area (Å²) in [5.74, 6) is -0.947. The zero-order valence-corrected chi connectivity index (χ0v) is 23.7. The fraction of sp³-hybridized carbons (Fsp3) is 0.129. The molecule has 0 aliphatic rings. The van der Waals surface area contributed by atoms with Gasteiger partial charge in [0, 0.05) is 21.6 Å². The van der Waals surface area contributed by atoms with Crippen LogP contribution in [0.3, 0.4) is 0 Å². The van der Waals surface area contributed by atoms with Gasteiger partial charge in [0.1, 0.15) is 16.4 Å². The van der Waals surface area contributed by atoms with E-state index in [4.69, 9.17) is 4.74 Å². The molecule has 1 N–H and O–H groups in total. The lowest BCUT2D eigenvalue weighted by Gasteiger charge is -2.14. The lowest BCUT2D eigenvalue weighted by Crippen LogP contribution is -2.41. The Morgan fingerprint density at radius 2 is 1.74 bits per heavy atom. The number of methoxy groups -OCH3 is 1. The molecule has 0 radical (unpaired) electrons. The van der Waals surface area contributed by atoms with Crippen LogP contribution in [-0.2, 0) is 13.1 Å². The second kappa shape index (κ2) is 11.1. The summed E-state index contributed by atoms with van der Waals surface area (Å²) in [6.07, 6.45) is 0. The van der Waals surface area contributed by atoms with Crippen molar-refractivity contribution < 1.29 is 18.4 Å². The van der Waals surface area contributed by atoms with E-state index in [1.165, 1.54) is 29.1 Å². The van der Waals surface area contributed by atoms with Gasteiger partial charge in [-0.2, -0.15) is 0 Å². The normalized spacial score (nSPS) is 11.2. The van der Waals surface area contributed by atoms with Crippen LogP contribution in [0.25, 0.3) is 32.7 Å². The predicted octanol–water partition coefficient (Wildman–Crippen LogP) is 4.62. The van der Waals surface area contributed by atoms with Crippen molar-refractivity contribution in [1.82, 2.24) is 19.3 Å². The van der Waals surface area contributed by atoms with Crippen LogP contribution in [0, 0.1) is 12.7 Å². The average molecular weight is 599 g/mol. The van der Waals surface area contributed by atoms with Gasteiger partial charge in [-0.25, -0.2) is 14.0 Å². The lowest BCUT2D eigenvalue weighted by atomic mass is 9.98. The molecule has 43 heavy (non-hydrogen) atoms. The van der Waals surface area contributed by atoms with E-state index in [1.807, 2.05) is 0 Å². The monoisotopic (exact) mass is 598 g/mol. The molecule has 12 heteroatoms. The van der Waals surface area contributed by atoms with Gasteiger partial charge < -0.3 is 4.74 Å². The highest BCUT2D eigenvalue weighted by Gasteiger charge is 2.20. The Morgan fingerprint density at radius 1 is 1.00 bits per heavy atom. The van der Waals surface area contributed by atoms with Crippen LogP contribution < -0.4 is 21.7 Å². The molecule has 3 aromatic carbocycles. The van der Waals surface area contributed by atoms with Gasteiger partial charge in [0.15, 0.2) is 11.6 Å². The SMILES string of the molecule is COc1ccc(C(=O)Cn2c(=O)c3cc(C)sc3n(Cc3ccc(-c4ccccc4-c4noc(=O)[nH]4)cc3F)c2=O)cc1. The molecular weight excluding hydrogens is 575 g/mol. The zero-order chi connectivity index (χ0) is 30.2. The van der Waals surface area contributed by atoms with E-state index in [0.29, 0.717) is 32.8 Å². The average Bonchev–Trinajstić information content (AvgIpc) is 3.63.